The quantitative estimate of drug-likeness (QED) is 0.705. The molecule has 0 spiro atoms. The number of carbonyl (C=O) groups is 2. The zero-order valence-corrected chi connectivity index (χ0v) is 16.5. The summed E-state index contributed by atoms with van der Waals surface area (Å²) in [6.07, 6.45) is 4.09. The van der Waals surface area contributed by atoms with E-state index in [1.807, 2.05) is 47.4 Å². The number of carbonyl (C=O) groups excluding carboxylic acids is 2. The van der Waals surface area contributed by atoms with Gasteiger partial charge in [0, 0.05) is 31.9 Å². The maximum atomic E-state index is 13.1. The predicted molar refractivity (Wildman–Crippen MR) is 108 cm³/mol. The van der Waals surface area contributed by atoms with Crippen LogP contribution in [0.5, 0.6) is 0 Å². The molecule has 1 atom stereocenters. The fourth-order valence-corrected chi connectivity index (χ4v) is 3.80. The summed E-state index contributed by atoms with van der Waals surface area (Å²) < 4.78 is 10.1. The highest BCUT2D eigenvalue weighted by atomic mass is 16.5. The van der Waals surface area contributed by atoms with Gasteiger partial charge in [-0.05, 0) is 55.0 Å². The van der Waals surface area contributed by atoms with Gasteiger partial charge in [0.1, 0.15) is 0 Å². The number of methoxy groups -OCH3 is 2. The molecule has 2 aromatic rings. The fraction of sp³-hybridized carbons (Fsp3) is 0.391. The molecule has 3 rings (SSSR count). The molecule has 1 heterocycles. The van der Waals surface area contributed by atoms with Crippen LogP contribution in [-0.4, -0.2) is 50.2 Å². The molecule has 5 nitrogen and oxygen atoms in total. The lowest BCUT2D eigenvalue weighted by atomic mass is 9.96. The number of amides is 1. The number of likely N-dealkylation sites (tertiary alicyclic amines) is 1. The van der Waals surface area contributed by atoms with Gasteiger partial charge in [-0.25, -0.2) is 4.79 Å². The van der Waals surface area contributed by atoms with Crippen LogP contribution in [0.2, 0.25) is 0 Å². The SMILES string of the molecule is COCC[C@@H]1CCCCN1C(=O)c1ccc(-c2ccccc2C(=O)OC)cc1. The Morgan fingerprint density at radius 1 is 1.04 bits per heavy atom. The molecular formula is C23H27NO4. The summed E-state index contributed by atoms with van der Waals surface area (Å²) in [6, 6.07) is 15.0. The van der Waals surface area contributed by atoms with Gasteiger partial charge in [-0.2, -0.15) is 0 Å². The maximum absolute atomic E-state index is 13.1. The third kappa shape index (κ3) is 4.42. The lowest BCUT2D eigenvalue weighted by Crippen LogP contribution is -2.44. The first-order chi connectivity index (χ1) is 13.7. The summed E-state index contributed by atoms with van der Waals surface area (Å²) in [5.41, 5.74) is 2.86. The number of ether oxygens (including phenoxy) is 2. The van der Waals surface area contributed by atoms with E-state index < -0.39 is 0 Å². The van der Waals surface area contributed by atoms with Crippen molar-refractivity contribution in [1.29, 1.82) is 0 Å². The van der Waals surface area contributed by atoms with Crippen molar-refractivity contribution in [2.24, 2.45) is 0 Å². The molecule has 0 radical (unpaired) electrons. The van der Waals surface area contributed by atoms with Gasteiger partial charge < -0.3 is 14.4 Å². The van der Waals surface area contributed by atoms with Gasteiger partial charge in [0.25, 0.3) is 5.91 Å². The Kier molecular flexibility index (Phi) is 6.82. The van der Waals surface area contributed by atoms with E-state index in [9.17, 15) is 9.59 Å². The molecule has 148 valence electrons. The van der Waals surface area contributed by atoms with E-state index >= 15 is 0 Å². The second-order valence-electron chi connectivity index (χ2n) is 7.04. The molecule has 1 aliphatic heterocycles. The van der Waals surface area contributed by atoms with E-state index in [-0.39, 0.29) is 17.9 Å². The minimum absolute atomic E-state index is 0.0635. The minimum Gasteiger partial charge on any atom is -0.465 e. The van der Waals surface area contributed by atoms with Crippen LogP contribution >= 0.6 is 0 Å². The topological polar surface area (TPSA) is 55.8 Å². The Labute approximate surface area is 166 Å². The van der Waals surface area contributed by atoms with Gasteiger partial charge in [0.05, 0.1) is 12.7 Å². The van der Waals surface area contributed by atoms with E-state index in [4.69, 9.17) is 9.47 Å². The van der Waals surface area contributed by atoms with E-state index in [1.165, 1.54) is 7.11 Å². The number of piperidine rings is 1. The van der Waals surface area contributed by atoms with Crippen LogP contribution in [0.1, 0.15) is 46.4 Å². The van der Waals surface area contributed by atoms with Crippen LogP contribution in [0.3, 0.4) is 0 Å². The molecule has 28 heavy (non-hydrogen) atoms. The Bertz CT molecular complexity index is 816. The Hall–Kier alpha value is -2.66. The molecule has 0 N–H and O–H groups in total. The first-order valence-electron chi connectivity index (χ1n) is 9.73. The van der Waals surface area contributed by atoms with Crippen molar-refractivity contribution >= 4 is 11.9 Å². The predicted octanol–water partition coefficient (Wildman–Crippen LogP) is 4.17. The van der Waals surface area contributed by atoms with Crippen molar-refractivity contribution in [1.82, 2.24) is 4.90 Å². The number of hydrogen-bond acceptors (Lipinski definition) is 4. The molecule has 0 unspecified atom stereocenters. The van der Waals surface area contributed by atoms with Gasteiger partial charge in [-0.3, -0.25) is 4.79 Å². The Morgan fingerprint density at radius 3 is 2.50 bits per heavy atom. The number of hydrogen-bond donors (Lipinski definition) is 0. The minimum atomic E-state index is -0.370. The van der Waals surface area contributed by atoms with Crippen LogP contribution in [-0.2, 0) is 9.47 Å². The van der Waals surface area contributed by atoms with Gasteiger partial charge in [-0.1, -0.05) is 30.3 Å². The van der Waals surface area contributed by atoms with Crippen LogP contribution in [0.15, 0.2) is 48.5 Å². The van der Waals surface area contributed by atoms with E-state index in [1.54, 1.807) is 13.2 Å². The molecule has 1 aliphatic rings. The lowest BCUT2D eigenvalue weighted by molar-refractivity contribution is 0.0551. The maximum Gasteiger partial charge on any atom is 0.338 e. The first-order valence-corrected chi connectivity index (χ1v) is 9.73. The molecule has 1 saturated heterocycles. The second kappa shape index (κ2) is 9.51. The molecule has 2 aromatic carbocycles. The Morgan fingerprint density at radius 2 is 1.79 bits per heavy atom. The van der Waals surface area contributed by atoms with Crippen LogP contribution < -0.4 is 0 Å². The molecule has 5 heteroatoms. The van der Waals surface area contributed by atoms with Gasteiger partial charge in [0.2, 0.25) is 0 Å². The average Bonchev–Trinajstić information content (AvgIpc) is 2.77. The number of rotatable bonds is 6. The zero-order valence-electron chi connectivity index (χ0n) is 16.5. The van der Waals surface area contributed by atoms with Crippen molar-refractivity contribution in [3.05, 3.63) is 59.7 Å². The molecule has 1 fully saturated rings. The van der Waals surface area contributed by atoms with E-state index in [2.05, 4.69) is 0 Å². The summed E-state index contributed by atoms with van der Waals surface area (Å²) in [5.74, 6) is -0.307. The van der Waals surface area contributed by atoms with Gasteiger partial charge >= 0.3 is 5.97 Å². The summed E-state index contributed by atoms with van der Waals surface area (Å²) in [5, 5.41) is 0. The van der Waals surface area contributed by atoms with Crippen molar-refractivity contribution in [2.45, 2.75) is 31.7 Å². The molecule has 0 aliphatic carbocycles. The fourth-order valence-electron chi connectivity index (χ4n) is 3.80. The molecule has 0 saturated carbocycles. The number of nitrogens with zero attached hydrogens (tertiary/aromatic N) is 1. The normalized spacial score (nSPS) is 16.6. The summed E-state index contributed by atoms with van der Waals surface area (Å²) in [4.78, 5) is 27.1. The lowest BCUT2D eigenvalue weighted by Gasteiger charge is -2.36. The third-order valence-electron chi connectivity index (χ3n) is 5.32. The second-order valence-corrected chi connectivity index (χ2v) is 7.04. The highest BCUT2D eigenvalue weighted by molar-refractivity contribution is 5.98. The van der Waals surface area contributed by atoms with Crippen LogP contribution in [0, 0.1) is 0 Å². The van der Waals surface area contributed by atoms with Gasteiger partial charge in [-0.15, -0.1) is 0 Å². The summed E-state index contributed by atoms with van der Waals surface area (Å²) >= 11 is 0. The van der Waals surface area contributed by atoms with E-state index in [0.29, 0.717) is 17.7 Å². The van der Waals surface area contributed by atoms with Gasteiger partial charge in [0.15, 0.2) is 0 Å². The smallest absolute Gasteiger partial charge is 0.338 e. The van der Waals surface area contributed by atoms with Crippen molar-refractivity contribution < 1.29 is 19.1 Å². The van der Waals surface area contributed by atoms with Crippen LogP contribution in [0.25, 0.3) is 11.1 Å². The zero-order chi connectivity index (χ0) is 19.9. The third-order valence-corrected chi connectivity index (χ3v) is 5.32. The highest BCUT2D eigenvalue weighted by Gasteiger charge is 2.27. The van der Waals surface area contributed by atoms with E-state index in [0.717, 1.165) is 43.4 Å². The number of benzene rings is 2. The van der Waals surface area contributed by atoms with Crippen molar-refractivity contribution in [3.63, 3.8) is 0 Å². The first kappa shape index (κ1) is 20.1. The Balaban J connectivity index is 1.81. The standard InChI is InChI=1S/C23H27NO4/c1-27-16-14-19-7-5-6-15-24(19)22(25)18-12-10-17(11-13-18)20-8-3-4-9-21(20)23(26)28-2/h3-4,8-13,19H,5-7,14-16H2,1-2H3/t19-/m0/s1. The molecular weight excluding hydrogens is 354 g/mol. The summed E-state index contributed by atoms with van der Waals surface area (Å²) in [7, 11) is 3.07. The molecule has 1 amide bonds. The van der Waals surface area contributed by atoms with Crippen molar-refractivity contribution in [2.75, 3.05) is 27.4 Å². The number of esters is 1. The molecule has 0 bridgehead atoms. The van der Waals surface area contributed by atoms with Crippen molar-refractivity contribution in [3.8, 4) is 11.1 Å². The largest absolute Gasteiger partial charge is 0.465 e. The highest BCUT2D eigenvalue weighted by Crippen LogP contribution is 2.26. The average molecular weight is 381 g/mol. The van der Waals surface area contributed by atoms with Crippen LogP contribution in [0.4, 0.5) is 0 Å². The monoisotopic (exact) mass is 381 g/mol. The molecule has 0 aromatic heterocycles. The summed E-state index contributed by atoms with van der Waals surface area (Å²) in [6.45, 7) is 1.46.